The van der Waals surface area contributed by atoms with Gasteiger partial charge in [0.2, 0.25) is 0 Å². The van der Waals surface area contributed by atoms with Gasteiger partial charge in [-0.15, -0.1) is 0 Å². The molecule has 1 aromatic heterocycles. The van der Waals surface area contributed by atoms with Crippen LogP contribution in [0.5, 0.6) is 0 Å². The summed E-state index contributed by atoms with van der Waals surface area (Å²) >= 11 is 0. The van der Waals surface area contributed by atoms with Gasteiger partial charge in [-0.25, -0.2) is 14.4 Å². The molecular weight excluding hydrogens is 403 g/mol. The second-order valence-electron chi connectivity index (χ2n) is 7.51. The van der Waals surface area contributed by atoms with E-state index in [0.29, 0.717) is 34.3 Å². The van der Waals surface area contributed by atoms with Crippen molar-refractivity contribution in [1.82, 2.24) is 9.97 Å². The molecule has 32 heavy (non-hydrogen) atoms. The molecule has 0 bridgehead atoms. The van der Waals surface area contributed by atoms with E-state index in [1.165, 1.54) is 11.6 Å². The van der Waals surface area contributed by atoms with Gasteiger partial charge in [-0.2, -0.15) is 0 Å². The molecule has 0 radical (unpaired) electrons. The second-order valence-corrected chi connectivity index (χ2v) is 7.51. The maximum absolute atomic E-state index is 14.4. The highest BCUT2D eigenvalue weighted by Crippen LogP contribution is 2.28. The van der Waals surface area contributed by atoms with Crippen molar-refractivity contribution >= 4 is 17.2 Å². The standard InChI is InChI=1S/C26H25FN4O/c1-3-19-13-15-21(16-14-19)31(32)17-22-18(2)28-25(20-9-5-4-6-10-20)30-26(22)29-24-12-8-7-11-23(24)27/h4-16,32H,3,17H2,1-2H3,(H,28,29,30). The molecule has 0 aliphatic carbocycles. The van der Waals surface area contributed by atoms with Gasteiger partial charge in [0, 0.05) is 16.8 Å². The lowest BCUT2D eigenvalue weighted by Gasteiger charge is -2.21. The molecule has 0 amide bonds. The van der Waals surface area contributed by atoms with E-state index < -0.39 is 0 Å². The summed E-state index contributed by atoms with van der Waals surface area (Å²) in [6.07, 6.45) is 0.927. The quantitative estimate of drug-likeness (QED) is 0.339. The van der Waals surface area contributed by atoms with E-state index in [-0.39, 0.29) is 12.4 Å². The zero-order valence-electron chi connectivity index (χ0n) is 18.1. The van der Waals surface area contributed by atoms with Gasteiger partial charge in [0.25, 0.3) is 0 Å². The van der Waals surface area contributed by atoms with Gasteiger partial charge < -0.3 is 5.32 Å². The number of rotatable bonds is 7. The Kier molecular flexibility index (Phi) is 6.42. The van der Waals surface area contributed by atoms with E-state index in [2.05, 4.69) is 22.2 Å². The molecule has 1 heterocycles. The molecule has 0 aliphatic heterocycles. The molecule has 4 rings (SSSR count). The molecule has 4 aromatic rings. The highest BCUT2D eigenvalue weighted by molar-refractivity contribution is 5.65. The molecule has 162 valence electrons. The summed E-state index contributed by atoms with van der Waals surface area (Å²) in [6, 6.07) is 23.8. The number of anilines is 3. The lowest BCUT2D eigenvalue weighted by Crippen LogP contribution is -2.20. The van der Waals surface area contributed by atoms with Gasteiger partial charge in [-0.05, 0) is 43.2 Å². The number of aromatic nitrogens is 2. The summed E-state index contributed by atoms with van der Waals surface area (Å²) in [5.41, 5.74) is 4.38. The van der Waals surface area contributed by atoms with Gasteiger partial charge in [0.15, 0.2) is 5.82 Å². The van der Waals surface area contributed by atoms with E-state index in [9.17, 15) is 9.60 Å². The monoisotopic (exact) mass is 428 g/mol. The van der Waals surface area contributed by atoms with Crippen LogP contribution in [0.2, 0.25) is 0 Å². The van der Waals surface area contributed by atoms with E-state index in [1.54, 1.807) is 18.2 Å². The summed E-state index contributed by atoms with van der Waals surface area (Å²) in [7, 11) is 0. The molecule has 3 aromatic carbocycles. The minimum Gasteiger partial charge on any atom is -0.337 e. The number of aryl methyl sites for hydroxylation is 2. The normalized spacial score (nSPS) is 10.8. The van der Waals surface area contributed by atoms with Crippen molar-refractivity contribution in [3.8, 4) is 11.4 Å². The first-order chi connectivity index (χ1) is 15.5. The molecule has 0 saturated heterocycles. The van der Waals surface area contributed by atoms with Crippen LogP contribution in [0.4, 0.5) is 21.6 Å². The minimum absolute atomic E-state index is 0.142. The van der Waals surface area contributed by atoms with E-state index >= 15 is 0 Å². The number of benzene rings is 3. The summed E-state index contributed by atoms with van der Waals surface area (Å²) < 4.78 is 14.4. The van der Waals surface area contributed by atoms with Crippen LogP contribution < -0.4 is 10.4 Å². The summed E-state index contributed by atoms with van der Waals surface area (Å²) in [5, 5.41) is 15.0. The Labute approximate surface area is 187 Å². The number of nitrogens with zero attached hydrogens (tertiary/aromatic N) is 3. The van der Waals surface area contributed by atoms with E-state index in [1.807, 2.05) is 61.5 Å². The number of hydrogen-bond donors (Lipinski definition) is 2. The highest BCUT2D eigenvalue weighted by atomic mass is 19.1. The van der Waals surface area contributed by atoms with Gasteiger partial charge in [0.05, 0.1) is 17.9 Å². The van der Waals surface area contributed by atoms with Crippen LogP contribution in [0.15, 0.2) is 78.9 Å². The second kappa shape index (κ2) is 9.58. The predicted molar refractivity (Wildman–Crippen MR) is 126 cm³/mol. The van der Waals surface area contributed by atoms with Gasteiger partial charge >= 0.3 is 0 Å². The Morgan fingerprint density at radius 3 is 2.28 bits per heavy atom. The molecule has 6 heteroatoms. The number of para-hydroxylation sites is 1. The minimum atomic E-state index is -0.382. The maximum atomic E-state index is 14.4. The fourth-order valence-electron chi connectivity index (χ4n) is 3.44. The van der Waals surface area contributed by atoms with E-state index in [4.69, 9.17) is 0 Å². The molecule has 2 N–H and O–H groups in total. The van der Waals surface area contributed by atoms with Crippen molar-refractivity contribution in [3.05, 3.63) is 102 Å². The fraction of sp³-hybridized carbons (Fsp3) is 0.154. The van der Waals surface area contributed by atoms with Crippen LogP contribution in [0.25, 0.3) is 11.4 Å². The van der Waals surface area contributed by atoms with Crippen LogP contribution in [0.1, 0.15) is 23.7 Å². The third kappa shape index (κ3) is 4.76. The maximum Gasteiger partial charge on any atom is 0.161 e. The SMILES string of the molecule is CCc1ccc(N(O)Cc2c(C)nc(-c3ccccc3)nc2Nc2ccccc2F)cc1. The molecule has 0 aliphatic rings. The van der Waals surface area contributed by atoms with Crippen LogP contribution >= 0.6 is 0 Å². The van der Waals surface area contributed by atoms with Crippen molar-refractivity contribution in [2.45, 2.75) is 26.8 Å². The van der Waals surface area contributed by atoms with Crippen LogP contribution in [0, 0.1) is 12.7 Å². The lowest BCUT2D eigenvalue weighted by molar-refractivity contribution is 0.249. The summed E-state index contributed by atoms with van der Waals surface area (Å²) in [5.74, 6) is 0.597. The van der Waals surface area contributed by atoms with Crippen LogP contribution in [0.3, 0.4) is 0 Å². The number of nitrogens with one attached hydrogen (secondary N) is 1. The van der Waals surface area contributed by atoms with Gasteiger partial charge in [-0.3, -0.25) is 10.3 Å². The third-order valence-corrected chi connectivity index (χ3v) is 5.32. The molecule has 0 saturated carbocycles. The Morgan fingerprint density at radius 1 is 0.906 bits per heavy atom. The van der Waals surface area contributed by atoms with Crippen LogP contribution in [-0.4, -0.2) is 15.2 Å². The lowest BCUT2D eigenvalue weighted by atomic mass is 10.1. The van der Waals surface area contributed by atoms with Crippen molar-refractivity contribution in [2.24, 2.45) is 0 Å². The average molecular weight is 429 g/mol. The number of hydroxylamine groups is 1. The largest absolute Gasteiger partial charge is 0.337 e. The molecule has 0 atom stereocenters. The highest BCUT2D eigenvalue weighted by Gasteiger charge is 2.17. The Balaban J connectivity index is 1.73. The summed E-state index contributed by atoms with van der Waals surface area (Å²) in [6.45, 7) is 4.09. The Bertz CT molecular complexity index is 1200. The average Bonchev–Trinajstić information content (AvgIpc) is 2.83. The van der Waals surface area contributed by atoms with E-state index in [0.717, 1.165) is 17.0 Å². The predicted octanol–water partition coefficient (Wildman–Crippen LogP) is 6.29. The van der Waals surface area contributed by atoms with Crippen molar-refractivity contribution in [1.29, 1.82) is 0 Å². The smallest absolute Gasteiger partial charge is 0.161 e. The van der Waals surface area contributed by atoms with Crippen molar-refractivity contribution in [3.63, 3.8) is 0 Å². The number of hydrogen-bond acceptors (Lipinski definition) is 5. The van der Waals surface area contributed by atoms with Crippen LogP contribution in [-0.2, 0) is 13.0 Å². The molecule has 0 fully saturated rings. The zero-order valence-corrected chi connectivity index (χ0v) is 18.1. The fourth-order valence-corrected chi connectivity index (χ4v) is 3.44. The van der Waals surface area contributed by atoms with Gasteiger partial charge in [0.1, 0.15) is 11.6 Å². The number of halogens is 1. The first-order valence-electron chi connectivity index (χ1n) is 10.5. The Hall–Kier alpha value is -3.77. The van der Waals surface area contributed by atoms with Gasteiger partial charge in [-0.1, -0.05) is 61.5 Å². The first kappa shape index (κ1) is 21.5. The molecule has 0 spiro atoms. The van der Waals surface area contributed by atoms with Crippen molar-refractivity contribution < 1.29 is 9.60 Å². The molecule has 0 unspecified atom stereocenters. The topological polar surface area (TPSA) is 61.3 Å². The zero-order chi connectivity index (χ0) is 22.5. The molecular formula is C26H25FN4O. The Morgan fingerprint density at radius 2 is 1.59 bits per heavy atom. The summed E-state index contributed by atoms with van der Waals surface area (Å²) in [4.78, 5) is 9.35. The first-order valence-corrected chi connectivity index (χ1v) is 10.5. The van der Waals surface area contributed by atoms with Crippen molar-refractivity contribution in [2.75, 3.05) is 10.4 Å². The molecule has 5 nitrogen and oxygen atoms in total. The third-order valence-electron chi connectivity index (χ3n) is 5.32.